The molecule has 2 N–H and O–H groups in total. The van der Waals surface area contributed by atoms with Gasteiger partial charge in [0.1, 0.15) is 9.84 Å². The Labute approximate surface area is 98.7 Å². The van der Waals surface area contributed by atoms with Gasteiger partial charge in [0.25, 0.3) is 0 Å². The SMILES string of the molecule is CS(=O)(=O)CC(CN)c1ccc(Br)cc1. The highest BCUT2D eigenvalue weighted by atomic mass is 79.9. The van der Waals surface area contributed by atoms with Crippen LogP contribution < -0.4 is 5.73 Å². The van der Waals surface area contributed by atoms with Gasteiger partial charge >= 0.3 is 0 Å². The second-order valence-electron chi connectivity index (χ2n) is 3.58. The largest absolute Gasteiger partial charge is 0.330 e. The maximum atomic E-state index is 11.2. The molecule has 0 heterocycles. The summed E-state index contributed by atoms with van der Waals surface area (Å²) in [6.45, 7) is 0.342. The zero-order chi connectivity index (χ0) is 11.5. The zero-order valence-corrected chi connectivity index (χ0v) is 10.9. The predicted molar refractivity (Wildman–Crippen MR) is 65.6 cm³/mol. The fraction of sp³-hybridized carbons (Fsp3) is 0.400. The fourth-order valence-electron chi connectivity index (χ4n) is 1.40. The molecule has 0 spiro atoms. The quantitative estimate of drug-likeness (QED) is 0.915. The summed E-state index contributed by atoms with van der Waals surface area (Å²) in [6.07, 6.45) is 1.23. The molecule has 1 aromatic carbocycles. The summed E-state index contributed by atoms with van der Waals surface area (Å²) >= 11 is 3.33. The van der Waals surface area contributed by atoms with Crippen LogP contribution in [-0.2, 0) is 9.84 Å². The molecule has 1 atom stereocenters. The number of rotatable bonds is 4. The fourth-order valence-corrected chi connectivity index (χ4v) is 2.72. The van der Waals surface area contributed by atoms with Crippen molar-refractivity contribution in [3.8, 4) is 0 Å². The lowest BCUT2D eigenvalue weighted by Crippen LogP contribution is -2.21. The minimum Gasteiger partial charge on any atom is -0.330 e. The second-order valence-corrected chi connectivity index (χ2v) is 6.68. The highest BCUT2D eigenvalue weighted by molar-refractivity contribution is 9.10. The van der Waals surface area contributed by atoms with Crippen molar-refractivity contribution in [2.75, 3.05) is 18.6 Å². The first-order valence-electron chi connectivity index (χ1n) is 4.55. The third-order valence-corrected chi connectivity index (χ3v) is 3.67. The van der Waals surface area contributed by atoms with Gasteiger partial charge in [-0.05, 0) is 17.7 Å². The van der Waals surface area contributed by atoms with Crippen LogP contribution in [-0.4, -0.2) is 27.0 Å². The van der Waals surface area contributed by atoms with Gasteiger partial charge < -0.3 is 5.73 Å². The van der Waals surface area contributed by atoms with Crippen molar-refractivity contribution in [2.24, 2.45) is 5.73 Å². The monoisotopic (exact) mass is 291 g/mol. The molecule has 1 unspecified atom stereocenters. The Morgan fingerprint density at radius 1 is 1.33 bits per heavy atom. The van der Waals surface area contributed by atoms with E-state index in [1.54, 1.807) is 0 Å². The molecule has 0 bridgehead atoms. The van der Waals surface area contributed by atoms with Gasteiger partial charge in [0.2, 0.25) is 0 Å². The summed E-state index contributed by atoms with van der Waals surface area (Å²) in [5.41, 5.74) is 6.54. The van der Waals surface area contributed by atoms with E-state index in [1.165, 1.54) is 6.26 Å². The molecule has 0 radical (unpaired) electrons. The topological polar surface area (TPSA) is 60.2 Å². The molecule has 0 amide bonds. The summed E-state index contributed by atoms with van der Waals surface area (Å²) in [7, 11) is -2.99. The van der Waals surface area contributed by atoms with Crippen LogP contribution in [0.4, 0.5) is 0 Å². The highest BCUT2D eigenvalue weighted by Gasteiger charge is 2.15. The van der Waals surface area contributed by atoms with Gasteiger partial charge in [-0.25, -0.2) is 8.42 Å². The summed E-state index contributed by atoms with van der Waals surface area (Å²) < 4.78 is 23.3. The third-order valence-electron chi connectivity index (χ3n) is 2.13. The molecule has 1 aromatic rings. The molecule has 0 saturated heterocycles. The number of hydrogen-bond donors (Lipinski definition) is 1. The molecule has 84 valence electrons. The summed E-state index contributed by atoms with van der Waals surface area (Å²) in [5, 5.41) is 0. The molecule has 5 heteroatoms. The van der Waals surface area contributed by atoms with Gasteiger partial charge in [-0.1, -0.05) is 28.1 Å². The number of sulfone groups is 1. The first-order chi connectivity index (χ1) is 6.92. The molecule has 0 aliphatic carbocycles. The standard InChI is InChI=1S/C10H14BrNO2S/c1-15(13,14)7-9(6-12)8-2-4-10(11)5-3-8/h2-5,9H,6-7,12H2,1H3. The first-order valence-corrected chi connectivity index (χ1v) is 7.41. The summed E-state index contributed by atoms with van der Waals surface area (Å²) in [4.78, 5) is 0. The first kappa shape index (κ1) is 12.7. The Kier molecular flexibility index (Phi) is 4.31. The summed E-state index contributed by atoms with van der Waals surface area (Å²) in [5.74, 6) is -0.0152. The molecular formula is C10H14BrNO2S. The normalized spacial score (nSPS) is 13.8. The van der Waals surface area contributed by atoms with Crippen LogP contribution in [0.5, 0.6) is 0 Å². The van der Waals surface area contributed by atoms with Crippen molar-refractivity contribution < 1.29 is 8.42 Å². The Morgan fingerprint density at radius 3 is 2.27 bits per heavy atom. The minimum atomic E-state index is -2.99. The van der Waals surface area contributed by atoms with Gasteiger partial charge in [0, 0.05) is 23.2 Å². The third kappa shape index (κ3) is 4.32. The van der Waals surface area contributed by atoms with Crippen molar-refractivity contribution in [3.63, 3.8) is 0 Å². The zero-order valence-electron chi connectivity index (χ0n) is 8.48. The van der Waals surface area contributed by atoms with E-state index in [0.29, 0.717) is 6.54 Å². The van der Waals surface area contributed by atoms with E-state index in [9.17, 15) is 8.42 Å². The van der Waals surface area contributed by atoms with Gasteiger partial charge in [0.15, 0.2) is 0 Å². The average molecular weight is 292 g/mol. The van der Waals surface area contributed by atoms with Crippen LogP contribution in [0.2, 0.25) is 0 Å². The van der Waals surface area contributed by atoms with Gasteiger partial charge in [0.05, 0.1) is 5.75 Å². The van der Waals surface area contributed by atoms with Crippen molar-refractivity contribution in [3.05, 3.63) is 34.3 Å². The Bertz CT molecular complexity index is 414. The maximum absolute atomic E-state index is 11.2. The van der Waals surface area contributed by atoms with Crippen LogP contribution >= 0.6 is 15.9 Å². The van der Waals surface area contributed by atoms with E-state index < -0.39 is 9.84 Å². The number of nitrogens with two attached hydrogens (primary N) is 1. The predicted octanol–water partition coefficient (Wildman–Crippen LogP) is 1.54. The molecule has 0 fully saturated rings. The van der Waals surface area contributed by atoms with E-state index in [4.69, 9.17) is 5.73 Å². The van der Waals surface area contributed by atoms with Crippen LogP contribution in [0, 0.1) is 0 Å². The smallest absolute Gasteiger partial charge is 0.148 e. The van der Waals surface area contributed by atoms with Gasteiger partial charge in [-0.2, -0.15) is 0 Å². The number of halogens is 1. The second kappa shape index (κ2) is 5.09. The summed E-state index contributed by atoms with van der Waals surface area (Å²) in [6, 6.07) is 7.57. The highest BCUT2D eigenvalue weighted by Crippen LogP contribution is 2.19. The van der Waals surface area contributed by atoms with Crippen LogP contribution in [0.15, 0.2) is 28.7 Å². The lowest BCUT2D eigenvalue weighted by Gasteiger charge is -2.13. The van der Waals surface area contributed by atoms with Crippen LogP contribution in [0.3, 0.4) is 0 Å². The Morgan fingerprint density at radius 2 is 1.87 bits per heavy atom. The maximum Gasteiger partial charge on any atom is 0.148 e. The van der Waals surface area contributed by atoms with Gasteiger partial charge in [-0.3, -0.25) is 0 Å². The van der Waals surface area contributed by atoms with E-state index in [2.05, 4.69) is 15.9 Å². The molecule has 15 heavy (non-hydrogen) atoms. The van der Waals surface area contributed by atoms with E-state index in [0.717, 1.165) is 10.0 Å². The molecule has 0 aromatic heterocycles. The van der Waals surface area contributed by atoms with Crippen LogP contribution in [0.1, 0.15) is 11.5 Å². The molecule has 1 rings (SSSR count). The molecule has 0 saturated carbocycles. The minimum absolute atomic E-state index is 0.102. The van der Waals surface area contributed by atoms with Crippen molar-refractivity contribution >= 4 is 25.8 Å². The molecular weight excluding hydrogens is 278 g/mol. The number of hydrogen-bond acceptors (Lipinski definition) is 3. The van der Waals surface area contributed by atoms with Crippen LogP contribution in [0.25, 0.3) is 0 Å². The number of benzene rings is 1. The van der Waals surface area contributed by atoms with E-state index >= 15 is 0 Å². The van der Waals surface area contributed by atoms with E-state index in [-0.39, 0.29) is 11.7 Å². The van der Waals surface area contributed by atoms with Crippen molar-refractivity contribution in [2.45, 2.75) is 5.92 Å². The lowest BCUT2D eigenvalue weighted by molar-refractivity contribution is 0.593. The average Bonchev–Trinajstić information content (AvgIpc) is 2.14. The lowest BCUT2D eigenvalue weighted by atomic mass is 10.0. The van der Waals surface area contributed by atoms with Crippen molar-refractivity contribution in [1.82, 2.24) is 0 Å². The van der Waals surface area contributed by atoms with Gasteiger partial charge in [-0.15, -0.1) is 0 Å². The Balaban J connectivity index is 2.88. The molecule has 0 aliphatic rings. The molecule has 3 nitrogen and oxygen atoms in total. The molecule has 0 aliphatic heterocycles. The Hall–Kier alpha value is -0.390. The van der Waals surface area contributed by atoms with E-state index in [1.807, 2.05) is 24.3 Å². The van der Waals surface area contributed by atoms with Crippen molar-refractivity contribution in [1.29, 1.82) is 0 Å².